The van der Waals surface area contributed by atoms with Crippen LogP contribution in [0.15, 0.2) is 47.4 Å². The van der Waals surface area contributed by atoms with Gasteiger partial charge in [0, 0.05) is 57.9 Å². The van der Waals surface area contributed by atoms with E-state index in [-0.39, 0.29) is 10.8 Å². The minimum atomic E-state index is -3.52. The second-order valence-electron chi connectivity index (χ2n) is 8.85. The van der Waals surface area contributed by atoms with Gasteiger partial charge in [0.2, 0.25) is 10.0 Å². The summed E-state index contributed by atoms with van der Waals surface area (Å²) in [6.07, 6.45) is 1.03. The molecule has 4 rings (SSSR count). The van der Waals surface area contributed by atoms with E-state index in [2.05, 4.69) is 40.2 Å². The summed E-state index contributed by atoms with van der Waals surface area (Å²) >= 11 is 1.76. The number of sulfonamides is 1. The van der Waals surface area contributed by atoms with Crippen LogP contribution >= 0.6 is 11.3 Å². The third-order valence-corrected chi connectivity index (χ3v) is 9.81. The summed E-state index contributed by atoms with van der Waals surface area (Å²) in [5, 5.41) is 4.04. The van der Waals surface area contributed by atoms with Crippen LogP contribution in [-0.2, 0) is 16.4 Å². The summed E-state index contributed by atoms with van der Waals surface area (Å²) in [6, 6.07) is 12.7. The van der Waals surface area contributed by atoms with Gasteiger partial charge in [0.05, 0.1) is 15.1 Å². The highest BCUT2D eigenvalue weighted by molar-refractivity contribution is 7.89. The molecule has 0 radical (unpaired) electrons. The van der Waals surface area contributed by atoms with Crippen molar-refractivity contribution in [3.8, 4) is 0 Å². The number of carbonyl (C=O) groups excluding carboxylic acids is 1. The number of benzene rings is 2. The van der Waals surface area contributed by atoms with Gasteiger partial charge in [0.1, 0.15) is 0 Å². The molecule has 1 fully saturated rings. The van der Waals surface area contributed by atoms with Gasteiger partial charge in [-0.05, 0) is 48.4 Å². The molecule has 1 saturated heterocycles. The van der Waals surface area contributed by atoms with Crippen LogP contribution in [0.25, 0.3) is 10.2 Å². The van der Waals surface area contributed by atoms with Crippen molar-refractivity contribution in [1.29, 1.82) is 0 Å². The molecule has 8 nitrogen and oxygen atoms in total. The fourth-order valence-corrected chi connectivity index (χ4v) is 6.93. The number of fused-ring (bicyclic) bond motifs is 1. The lowest BCUT2D eigenvalue weighted by Gasteiger charge is -2.34. The average molecular weight is 530 g/mol. The molecule has 1 aromatic heterocycles. The van der Waals surface area contributed by atoms with E-state index in [1.807, 2.05) is 13.8 Å². The molecule has 36 heavy (non-hydrogen) atoms. The normalized spacial score (nSPS) is 15.1. The minimum absolute atomic E-state index is 0.193. The third-order valence-electron chi connectivity index (χ3n) is 6.67. The molecular formula is C26H35N5O3S2. The zero-order valence-corrected chi connectivity index (χ0v) is 22.9. The smallest absolute Gasteiger partial charge is 0.251 e. The Balaban J connectivity index is 1.24. The molecule has 0 bridgehead atoms. The number of nitrogens with one attached hydrogen (secondary N) is 1. The van der Waals surface area contributed by atoms with E-state index in [0.29, 0.717) is 25.2 Å². The van der Waals surface area contributed by atoms with E-state index in [4.69, 9.17) is 4.98 Å². The van der Waals surface area contributed by atoms with Crippen molar-refractivity contribution in [3.05, 3.63) is 53.6 Å². The van der Waals surface area contributed by atoms with Gasteiger partial charge < -0.3 is 10.2 Å². The largest absolute Gasteiger partial charge is 0.351 e. The number of thiazole rings is 1. The van der Waals surface area contributed by atoms with Gasteiger partial charge in [0.25, 0.3) is 5.91 Å². The first-order valence-electron chi connectivity index (χ1n) is 12.6. The Morgan fingerprint density at radius 1 is 1.03 bits per heavy atom. The van der Waals surface area contributed by atoms with E-state index in [1.54, 1.807) is 23.5 Å². The molecule has 0 spiro atoms. The van der Waals surface area contributed by atoms with E-state index >= 15 is 0 Å². The van der Waals surface area contributed by atoms with Crippen molar-refractivity contribution < 1.29 is 13.2 Å². The molecule has 10 heteroatoms. The Labute approximate surface area is 218 Å². The molecule has 0 saturated carbocycles. The Hall–Kier alpha value is -2.53. The first kappa shape index (κ1) is 26.5. The number of rotatable bonds is 10. The van der Waals surface area contributed by atoms with Crippen LogP contribution in [0.5, 0.6) is 0 Å². The summed E-state index contributed by atoms with van der Waals surface area (Å²) in [5.41, 5.74) is 2.86. The van der Waals surface area contributed by atoms with Crippen molar-refractivity contribution in [2.24, 2.45) is 0 Å². The topological polar surface area (TPSA) is 85.9 Å². The second kappa shape index (κ2) is 11.7. The fraction of sp³-hybridized carbons (Fsp3) is 0.462. The summed E-state index contributed by atoms with van der Waals surface area (Å²) < 4.78 is 27.9. The summed E-state index contributed by atoms with van der Waals surface area (Å²) in [4.78, 5) is 22.3. The molecule has 2 aromatic carbocycles. The lowest BCUT2D eigenvalue weighted by Crippen LogP contribution is -2.48. The zero-order chi connectivity index (χ0) is 25.7. The quantitative estimate of drug-likeness (QED) is 0.433. The van der Waals surface area contributed by atoms with Gasteiger partial charge in [-0.15, -0.1) is 0 Å². The van der Waals surface area contributed by atoms with Crippen molar-refractivity contribution in [2.75, 3.05) is 57.3 Å². The lowest BCUT2D eigenvalue weighted by molar-refractivity contribution is 0.0947. The predicted molar refractivity (Wildman–Crippen MR) is 147 cm³/mol. The second-order valence-corrected chi connectivity index (χ2v) is 11.8. The molecule has 3 aromatic rings. The van der Waals surface area contributed by atoms with E-state index < -0.39 is 10.0 Å². The number of aryl methyl sites for hydroxylation is 1. The van der Waals surface area contributed by atoms with Crippen molar-refractivity contribution in [2.45, 2.75) is 32.1 Å². The first-order chi connectivity index (χ1) is 17.3. The Morgan fingerprint density at radius 2 is 1.72 bits per heavy atom. The molecule has 194 valence electrons. The van der Waals surface area contributed by atoms with Crippen LogP contribution in [0, 0.1) is 0 Å². The highest BCUT2D eigenvalue weighted by Gasteiger charge is 2.22. The Kier molecular flexibility index (Phi) is 8.61. The summed E-state index contributed by atoms with van der Waals surface area (Å²) in [5.74, 6) is -0.193. The standard InChI is InChI=1S/C26H35N5O3S2/c1-4-20-7-12-23-24(19-20)35-26(28-23)30-17-15-29(16-18-30)14-13-27-25(32)21-8-10-22(11-9-21)36(33,34)31(5-2)6-3/h7-12,19H,4-6,13-18H2,1-3H3,(H,27,32). The van der Waals surface area contributed by atoms with Crippen molar-refractivity contribution >= 4 is 42.6 Å². The number of hydrogen-bond donors (Lipinski definition) is 1. The molecule has 0 atom stereocenters. The Morgan fingerprint density at radius 3 is 2.36 bits per heavy atom. The lowest BCUT2D eigenvalue weighted by atomic mass is 10.2. The monoisotopic (exact) mass is 529 g/mol. The molecular weight excluding hydrogens is 494 g/mol. The fourth-order valence-electron chi connectivity index (χ4n) is 4.40. The van der Waals surface area contributed by atoms with Crippen molar-refractivity contribution in [3.63, 3.8) is 0 Å². The van der Waals surface area contributed by atoms with Gasteiger partial charge in [0.15, 0.2) is 5.13 Å². The van der Waals surface area contributed by atoms with Gasteiger partial charge >= 0.3 is 0 Å². The van der Waals surface area contributed by atoms with Crippen LogP contribution in [0.1, 0.15) is 36.7 Å². The van der Waals surface area contributed by atoms with Gasteiger partial charge in [-0.2, -0.15) is 4.31 Å². The number of anilines is 1. The zero-order valence-electron chi connectivity index (χ0n) is 21.2. The van der Waals surface area contributed by atoms with Crippen LogP contribution in [-0.4, -0.2) is 80.9 Å². The Bertz CT molecular complexity index is 1280. The number of aromatic nitrogens is 1. The molecule has 1 amide bonds. The van der Waals surface area contributed by atoms with Crippen LogP contribution < -0.4 is 10.2 Å². The van der Waals surface area contributed by atoms with Gasteiger partial charge in [-0.3, -0.25) is 9.69 Å². The highest BCUT2D eigenvalue weighted by Crippen LogP contribution is 2.30. The van der Waals surface area contributed by atoms with Crippen LogP contribution in [0.3, 0.4) is 0 Å². The average Bonchev–Trinajstić information content (AvgIpc) is 3.33. The minimum Gasteiger partial charge on any atom is -0.351 e. The highest BCUT2D eigenvalue weighted by atomic mass is 32.2. The maximum Gasteiger partial charge on any atom is 0.251 e. The number of amides is 1. The maximum atomic E-state index is 12.6. The van der Waals surface area contributed by atoms with Gasteiger partial charge in [-0.25, -0.2) is 13.4 Å². The first-order valence-corrected chi connectivity index (χ1v) is 14.9. The van der Waals surface area contributed by atoms with E-state index in [9.17, 15) is 13.2 Å². The van der Waals surface area contributed by atoms with Crippen LogP contribution in [0.4, 0.5) is 5.13 Å². The van der Waals surface area contributed by atoms with Crippen molar-refractivity contribution in [1.82, 2.24) is 19.5 Å². The van der Waals surface area contributed by atoms with Crippen LogP contribution in [0.2, 0.25) is 0 Å². The van der Waals surface area contributed by atoms with Gasteiger partial charge in [-0.1, -0.05) is 38.2 Å². The van der Waals surface area contributed by atoms with E-state index in [0.717, 1.165) is 49.8 Å². The molecule has 0 unspecified atom stereocenters. The summed E-state index contributed by atoms with van der Waals surface area (Å²) in [6.45, 7) is 11.6. The van der Waals surface area contributed by atoms with E-state index in [1.165, 1.54) is 26.7 Å². The summed E-state index contributed by atoms with van der Waals surface area (Å²) in [7, 11) is -3.52. The number of nitrogens with zero attached hydrogens (tertiary/aromatic N) is 4. The molecule has 1 aliphatic rings. The number of hydrogen-bond acceptors (Lipinski definition) is 7. The SMILES string of the molecule is CCc1ccc2nc(N3CCN(CCNC(=O)c4ccc(S(=O)(=O)N(CC)CC)cc4)CC3)sc2c1. The molecule has 2 heterocycles. The number of piperazine rings is 1. The molecule has 0 aliphatic carbocycles. The molecule has 1 N–H and O–H groups in total. The predicted octanol–water partition coefficient (Wildman–Crippen LogP) is 3.44. The molecule has 1 aliphatic heterocycles. The third kappa shape index (κ3) is 5.88. The maximum absolute atomic E-state index is 12.6. The number of carbonyl (C=O) groups is 1.